The summed E-state index contributed by atoms with van der Waals surface area (Å²) in [5.74, 6) is 0.509. The molecule has 6 atom stereocenters. The Hall–Kier alpha value is -1.50. The predicted molar refractivity (Wildman–Crippen MR) is 172 cm³/mol. The van der Waals surface area contributed by atoms with Gasteiger partial charge in [-0.1, -0.05) is 40.2 Å². The Bertz CT molecular complexity index is 896. The highest BCUT2D eigenvalue weighted by Crippen LogP contribution is 2.32. The van der Waals surface area contributed by atoms with E-state index in [9.17, 15) is 10.2 Å². The van der Waals surface area contributed by atoms with Crippen LogP contribution < -0.4 is 26.3 Å². The van der Waals surface area contributed by atoms with E-state index in [4.69, 9.17) is 30.4 Å². The van der Waals surface area contributed by atoms with E-state index in [1.807, 2.05) is 19.9 Å². The maximum Gasteiger partial charge on any atom is 0.178 e. The van der Waals surface area contributed by atoms with Gasteiger partial charge in [-0.25, -0.2) is 0 Å². The molecule has 1 saturated heterocycles. The van der Waals surface area contributed by atoms with Gasteiger partial charge in [0.05, 0.1) is 25.9 Å². The van der Waals surface area contributed by atoms with Crippen molar-refractivity contribution in [3.05, 3.63) is 23.8 Å². The lowest BCUT2D eigenvalue weighted by Gasteiger charge is -2.43. The average Bonchev–Trinajstić information content (AvgIpc) is 2.97. The molecule has 0 spiro atoms. The summed E-state index contributed by atoms with van der Waals surface area (Å²) in [7, 11) is 3.34. The normalized spacial score (nSPS) is 19.6. The van der Waals surface area contributed by atoms with Crippen LogP contribution in [-0.4, -0.2) is 98.9 Å². The van der Waals surface area contributed by atoms with E-state index in [0.29, 0.717) is 31.4 Å². The maximum atomic E-state index is 11.7. The van der Waals surface area contributed by atoms with Crippen LogP contribution >= 0.6 is 0 Å². The summed E-state index contributed by atoms with van der Waals surface area (Å²) < 4.78 is 23.3. The number of nitrogens with zero attached hydrogens (tertiary/aromatic N) is 1. The first-order valence-electron chi connectivity index (χ1n) is 16.2. The number of rotatable bonds is 21. The second-order valence-corrected chi connectivity index (χ2v) is 13.0. The first kappa shape index (κ1) is 37.7. The van der Waals surface area contributed by atoms with Crippen LogP contribution in [0.15, 0.2) is 18.2 Å². The van der Waals surface area contributed by atoms with E-state index >= 15 is 0 Å². The lowest BCUT2D eigenvalue weighted by atomic mass is 9.83. The van der Waals surface area contributed by atoms with Crippen molar-refractivity contribution in [1.82, 2.24) is 10.2 Å². The molecule has 0 saturated carbocycles. The molecule has 1 aromatic rings. The molecule has 1 aliphatic heterocycles. The molecule has 10 heteroatoms. The topological polar surface area (TPSA) is 145 Å². The average molecular weight is 611 g/mol. The van der Waals surface area contributed by atoms with Crippen LogP contribution in [0.5, 0.6) is 11.5 Å². The molecule has 1 fully saturated rings. The van der Waals surface area contributed by atoms with Gasteiger partial charge < -0.3 is 45.5 Å². The van der Waals surface area contributed by atoms with Gasteiger partial charge in [-0.15, -0.1) is 0 Å². The van der Waals surface area contributed by atoms with Crippen molar-refractivity contribution >= 4 is 0 Å². The number of aliphatic hydroxyl groups excluding tert-OH is 1. The second kappa shape index (κ2) is 19.1. The Morgan fingerprint density at radius 1 is 1.02 bits per heavy atom. The number of ether oxygens (including phenoxy) is 4. The minimum atomic E-state index is -1.57. The van der Waals surface area contributed by atoms with Gasteiger partial charge in [0.25, 0.3) is 0 Å². The molecule has 0 aliphatic carbocycles. The van der Waals surface area contributed by atoms with E-state index in [2.05, 4.69) is 36.2 Å². The lowest BCUT2D eigenvalue weighted by Crippen LogP contribution is -2.61. The van der Waals surface area contributed by atoms with E-state index in [0.717, 1.165) is 56.5 Å². The Labute approximate surface area is 260 Å². The molecule has 1 aliphatic rings. The molecule has 0 aromatic heterocycles. The molecule has 1 aromatic carbocycles. The second-order valence-electron chi connectivity index (χ2n) is 13.0. The molecule has 250 valence electrons. The van der Waals surface area contributed by atoms with Crippen molar-refractivity contribution in [2.45, 2.75) is 103 Å². The fourth-order valence-corrected chi connectivity index (χ4v) is 6.02. The first-order valence-corrected chi connectivity index (χ1v) is 16.2. The maximum absolute atomic E-state index is 11.7. The van der Waals surface area contributed by atoms with Crippen molar-refractivity contribution in [3.8, 4) is 11.5 Å². The van der Waals surface area contributed by atoms with Gasteiger partial charge >= 0.3 is 0 Å². The summed E-state index contributed by atoms with van der Waals surface area (Å²) in [6.45, 7) is 14.0. The first-order chi connectivity index (χ1) is 20.4. The zero-order chi connectivity index (χ0) is 32.0. The minimum Gasteiger partial charge on any atom is -0.493 e. The fraction of sp³-hybridized carbons (Fsp3) is 0.818. The number of nitrogens with two attached hydrogens (primary N) is 2. The van der Waals surface area contributed by atoms with Gasteiger partial charge in [-0.3, -0.25) is 5.32 Å². The number of benzene rings is 1. The SMILES string of the molecule is COCCCOc1cc(C[C@@H](C[C@H](N)C(CN2CCCCC2)O[C@@](C)(O)C(N[C@@H](O)CN)C(C)C)C(C)C)ccc1OC. The number of likely N-dealkylation sites (tertiary alicyclic amines) is 1. The van der Waals surface area contributed by atoms with Crippen LogP contribution in [0.2, 0.25) is 0 Å². The fourth-order valence-electron chi connectivity index (χ4n) is 6.02. The van der Waals surface area contributed by atoms with Crippen molar-refractivity contribution < 1.29 is 29.2 Å². The summed E-state index contributed by atoms with van der Waals surface area (Å²) in [4.78, 5) is 2.40. The van der Waals surface area contributed by atoms with Gasteiger partial charge in [0.1, 0.15) is 6.23 Å². The highest BCUT2D eigenvalue weighted by molar-refractivity contribution is 5.43. The molecular formula is C33H62N4O6. The van der Waals surface area contributed by atoms with Crippen LogP contribution in [0.4, 0.5) is 0 Å². The van der Waals surface area contributed by atoms with Gasteiger partial charge in [0.15, 0.2) is 17.3 Å². The Morgan fingerprint density at radius 3 is 2.30 bits per heavy atom. The van der Waals surface area contributed by atoms with Gasteiger partial charge in [-0.05, 0) is 81.1 Å². The molecule has 7 N–H and O–H groups in total. The standard InChI is InChI=1S/C33H62N4O6/c1-23(2)26(18-25-12-13-28(41-7)29(19-25)42-17-11-16-40-6)20-27(35)30(22-37-14-9-8-10-15-37)43-33(5,39)32(24(3)4)36-31(38)21-34/h12-13,19,23-24,26-27,30-32,36,38-39H,8-11,14-18,20-22,34-35H2,1-7H3/t26-,27-,30?,31-,32?,33+/m0/s1. The summed E-state index contributed by atoms with van der Waals surface area (Å²) in [6.07, 6.45) is 4.55. The van der Waals surface area contributed by atoms with E-state index in [1.54, 1.807) is 21.1 Å². The number of aliphatic hydroxyl groups is 2. The van der Waals surface area contributed by atoms with E-state index in [-0.39, 0.29) is 24.4 Å². The van der Waals surface area contributed by atoms with Crippen LogP contribution in [0.1, 0.15) is 72.3 Å². The van der Waals surface area contributed by atoms with Crippen molar-refractivity contribution in [1.29, 1.82) is 0 Å². The summed E-state index contributed by atoms with van der Waals surface area (Å²) >= 11 is 0. The van der Waals surface area contributed by atoms with Crippen molar-refractivity contribution in [2.24, 2.45) is 29.2 Å². The monoisotopic (exact) mass is 610 g/mol. The van der Waals surface area contributed by atoms with Crippen LogP contribution in [-0.2, 0) is 15.9 Å². The third kappa shape index (κ3) is 12.8. The molecule has 0 radical (unpaired) electrons. The Kier molecular flexibility index (Phi) is 16.8. The zero-order valence-corrected chi connectivity index (χ0v) is 27.9. The quantitative estimate of drug-likeness (QED) is 0.104. The van der Waals surface area contributed by atoms with Crippen molar-refractivity contribution in [3.63, 3.8) is 0 Å². The summed E-state index contributed by atoms with van der Waals surface area (Å²) in [6, 6.07) is 5.28. The van der Waals surface area contributed by atoms with E-state index in [1.165, 1.54) is 6.42 Å². The largest absolute Gasteiger partial charge is 0.493 e. The molecule has 0 amide bonds. The molecule has 1 heterocycles. The van der Waals surface area contributed by atoms with Gasteiger partial charge in [0.2, 0.25) is 0 Å². The van der Waals surface area contributed by atoms with Crippen LogP contribution in [0, 0.1) is 17.8 Å². The molecule has 0 bridgehead atoms. The van der Waals surface area contributed by atoms with Gasteiger partial charge in [-0.2, -0.15) is 0 Å². The third-order valence-corrected chi connectivity index (χ3v) is 8.59. The lowest BCUT2D eigenvalue weighted by molar-refractivity contribution is -0.251. The molecule has 2 unspecified atom stereocenters. The highest BCUT2D eigenvalue weighted by atomic mass is 16.6. The molecule has 43 heavy (non-hydrogen) atoms. The molecule has 2 rings (SSSR count). The number of hydrogen-bond donors (Lipinski definition) is 5. The molecule has 10 nitrogen and oxygen atoms in total. The Morgan fingerprint density at radius 2 is 1.72 bits per heavy atom. The van der Waals surface area contributed by atoms with Crippen molar-refractivity contribution in [2.75, 3.05) is 53.6 Å². The third-order valence-electron chi connectivity index (χ3n) is 8.59. The van der Waals surface area contributed by atoms with Crippen LogP contribution in [0.3, 0.4) is 0 Å². The number of nitrogens with one attached hydrogen (secondary N) is 1. The predicted octanol–water partition coefficient (Wildman–Crippen LogP) is 3.11. The summed E-state index contributed by atoms with van der Waals surface area (Å²) in [5, 5.41) is 24.9. The Balaban J connectivity index is 2.24. The minimum absolute atomic E-state index is 0.0209. The molecular weight excluding hydrogens is 548 g/mol. The van der Waals surface area contributed by atoms with Gasteiger partial charge in [0, 0.05) is 39.3 Å². The van der Waals surface area contributed by atoms with E-state index < -0.39 is 24.2 Å². The number of hydrogen-bond acceptors (Lipinski definition) is 10. The number of piperidine rings is 1. The summed E-state index contributed by atoms with van der Waals surface area (Å²) in [5.41, 5.74) is 13.8. The smallest absolute Gasteiger partial charge is 0.178 e. The highest BCUT2D eigenvalue weighted by Gasteiger charge is 2.40. The number of methoxy groups -OCH3 is 2. The van der Waals surface area contributed by atoms with Crippen LogP contribution in [0.25, 0.3) is 0 Å². The zero-order valence-electron chi connectivity index (χ0n) is 27.9.